The first-order chi connectivity index (χ1) is 29.2. The lowest BCUT2D eigenvalue weighted by Gasteiger charge is -2.36. The molecule has 62 heavy (non-hydrogen) atoms. The normalized spacial score (nSPS) is 27.7. The summed E-state index contributed by atoms with van der Waals surface area (Å²) in [5, 5.41) is 39.6. The van der Waals surface area contributed by atoms with Crippen molar-refractivity contribution in [1.82, 2.24) is 21.1 Å². The number of nitrogens with zero attached hydrogens (tertiary/aromatic N) is 1. The molecule has 342 valence electrons. The molecule has 0 spiro atoms. The number of fused-ring (bicyclic) bond motifs is 2. The average molecular weight is 865 g/mol. The van der Waals surface area contributed by atoms with E-state index in [1.807, 2.05) is 0 Å². The summed E-state index contributed by atoms with van der Waals surface area (Å²) in [4.78, 5) is 80.6. The average Bonchev–Trinajstić information content (AvgIpc) is 3.20. The molecule has 15 heteroatoms. The van der Waals surface area contributed by atoms with Crippen LogP contribution in [0.1, 0.15) is 99.5 Å². The van der Waals surface area contributed by atoms with Gasteiger partial charge in [-0.2, -0.15) is 0 Å². The third kappa shape index (κ3) is 17.0. The Morgan fingerprint density at radius 2 is 1.77 bits per heavy atom. The van der Waals surface area contributed by atoms with E-state index < -0.39 is 83.9 Å². The Morgan fingerprint density at radius 1 is 1.05 bits per heavy atom. The van der Waals surface area contributed by atoms with Gasteiger partial charge in [-0.3, -0.25) is 24.2 Å². The number of phenolic OH excluding ortho intramolecular Hbond substituents is 1. The van der Waals surface area contributed by atoms with E-state index in [1.54, 1.807) is 64.1 Å². The SMILES string of the molecule is CC(=O)CC[C@H]1C(=O)N[C@@H](C(C)C)C(=O)N[C@@H](Cc2cccc(O)c2)C(=O)N2CCCC(N2)C(=O)O[C@H](/C(C)=C/C=C/C(=O)OCCC(C)(C)C)C/C=C/C=C/[C@H](O)[C@H](C)[C@H]1O. The Labute approximate surface area is 366 Å². The second-order valence-electron chi connectivity index (χ2n) is 17.9. The minimum atomic E-state index is -1.43. The smallest absolute Gasteiger partial charge is 0.330 e. The number of ether oxygens (including phenoxy) is 2. The predicted molar refractivity (Wildman–Crippen MR) is 234 cm³/mol. The van der Waals surface area contributed by atoms with E-state index >= 15 is 0 Å². The van der Waals surface area contributed by atoms with Gasteiger partial charge in [-0.15, -0.1) is 0 Å². The standard InChI is InChI=1S/C47H68N4O11/c1-29(2)41-44(58)48-37(28-33-16-13-17-34(53)27-33)45(59)51-25-14-18-36(50-51)46(60)62-39(30(3)15-12-21-40(55)61-26-24-47(6,7)8)20-11-9-10-19-38(54)32(5)42(56)35(43(57)49-41)23-22-31(4)52/h9-13,15-17,19,21,27,29,32,35-39,41-42,50,53-54,56H,14,18,20,22-26,28H2,1-8H3,(H,48,58)(H,49,57)/b11-9+,19-10+,21-12+,30-15+/t32-,35+,36?,37-,38-,39-,41-,42+/m0/s1. The van der Waals surface area contributed by atoms with Crippen molar-refractivity contribution in [3.8, 4) is 5.75 Å². The first kappa shape index (κ1) is 51.2. The maximum atomic E-state index is 14.3. The molecule has 2 bridgehead atoms. The van der Waals surface area contributed by atoms with Crippen molar-refractivity contribution >= 4 is 35.4 Å². The monoisotopic (exact) mass is 864 g/mol. The Balaban J connectivity index is 2.03. The van der Waals surface area contributed by atoms with E-state index in [-0.39, 0.29) is 55.8 Å². The van der Waals surface area contributed by atoms with Crippen molar-refractivity contribution in [2.45, 2.75) is 137 Å². The van der Waals surface area contributed by atoms with Gasteiger partial charge in [0, 0.05) is 37.8 Å². The number of nitrogens with one attached hydrogen (secondary N) is 3. The van der Waals surface area contributed by atoms with E-state index in [1.165, 1.54) is 42.3 Å². The van der Waals surface area contributed by atoms with E-state index in [2.05, 4.69) is 36.8 Å². The number of allylic oxidation sites excluding steroid dienone is 4. The van der Waals surface area contributed by atoms with Crippen LogP contribution in [0.3, 0.4) is 0 Å². The third-order valence-corrected chi connectivity index (χ3v) is 10.9. The second-order valence-corrected chi connectivity index (χ2v) is 17.9. The molecule has 1 aromatic rings. The van der Waals surface area contributed by atoms with Gasteiger partial charge in [-0.25, -0.2) is 10.2 Å². The van der Waals surface area contributed by atoms with E-state index in [9.17, 15) is 44.1 Å². The first-order valence-electron chi connectivity index (χ1n) is 21.5. The highest BCUT2D eigenvalue weighted by Gasteiger charge is 2.38. The number of carbonyl (C=O) groups is 6. The molecule has 15 nitrogen and oxygen atoms in total. The molecule has 0 aromatic heterocycles. The van der Waals surface area contributed by atoms with Gasteiger partial charge in [0.2, 0.25) is 11.8 Å². The fourth-order valence-electron chi connectivity index (χ4n) is 6.94. The van der Waals surface area contributed by atoms with Gasteiger partial charge in [0.25, 0.3) is 5.91 Å². The molecule has 3 amide bonds. The second kappa shape index (κ2) is 24.5. The number of phenols is 1. The number of ketones is 1. The molecule has 8 atom stereocenters. The number of Topliss-reactive ketones (excluding diaryl/α,β-unsaturated/α-hetero) is 1. The first-order valence-corrected chi connectivity index (χ1v) is 21.5. The summed E-state index contributed by atoms with van der Waals surface area (Å²) in [5.41, 5.74) is 4.13. The Morgan fingerprint density at radius 3 is 2.44 bits per heavy atom. The predicted octanol–water partition coefficient (Wildman–Crippen LogP) is 4.31. The lowest BCUT2D eigenvalue weighted by molar-refractivity contribution is -0.156. The number of cyclic esters (lactones) is 1. The number of aromatic hydroxyl groups is 1. The molecule has 0 radical (unpaired) electrons. The van der Waals surface area contributed by atoms with Crippen molar-refractivity contribution in [3.05, 3.63) is 77.9 Å². The number of aliphatic hydroxyl groups is 2. The van der Waals surface area contributed by atoms with Gasteiger partial charge in [-0.05, 0) is 74.1 Å². The van der Waals surface area contributed by atoms with Gasteiger partial charge in [0.15, 0.2) is 0 Å². The molecule has 2 aliphatic rings. The Hall–Kier alpha value is -5.12. The van der Waals surface area contributed by atoms with Crippen LogP contribution in [0.15, 0.2) is 72.4 Å². The van der Waals surface area contributed by atoms with Crippen LogP contribution in [0.2, 0.25) is 0 Å². The van der Waals surface area contributed by atoms with Gasteiger partial charge >= 0.3 is 11.9 Å². The molecule has 3 rings (SSSR count). The molecule has 1 unspecified atom stereocenters. The van der Waals surface area contributed by atoms with Crippen molar-refractivity contribution in [3.63, 3.8) is 0 Å². The van der Waals surface area contributed by atoms with Gasteiger partial charge in [0.05, 0.1) is 24.7 Å². The minimum absolute atomic E-state index is 0.00227. The summed E-state index contributed by atoms with van der Waals surface area (Å²) in [7, 11) is 0. The molecule has 1 aromatic carbocycles. The number of hydrogen-bond donors (Lipinski definition) is 6. The number of esters is 2. The Kier molecular flexibility index (Phi) is 20.2. The van der Waals surface area contributed by atoms with Crippen LogP contribution in [0.25, 0.3) is 0 Å². The zero-order chi connectivity index (χ0) is 46.1. The molecule has 2 aliphatic heterocycles. The lowest BCUT2D eigenvalue weighted by Crippen LogP contribution is -2.62. The fraction of sp³-hybridized carbons (Fsp3) is 0.574. The highest BCUT2D eigenvalue weighted by Crippen LogP contribution is 2.24. The highest BCUT2D eigenvalue weighted by atomic mass is 16.5. The lowest BCUT2D eigenvalue weighted by atomic mass is 9.84. The highest BCUT2D eigenvalue weighted by molar-refractivity contribution is 5.93. The maximum Gasteiger partial charge on any atom is 0.330 e. The van der Waals surface area contributed by atoms with Gasteiger partial charge in [-0.1, -0.05) is 90.1 Å². The van der Waals surface area contributed by atoms with Crippen molar-refractivity contribution in [2.24, 2.45) is 23.2 Å². The van der Waals surface area contributed by atoms with Crippen LogP contribution in [-0.4, -0.2) is 105 Å². The number of rotatable bonds is 11. The molecule has 6 N–H and O–H groups in total. The summed E-state index contributed by atoms with van der Waals surface area (Å²) in [6.45, 7) is 14.7. The van der Waals surface area contributed by atoms with E-state index in [4.69, 9.17) is 9.47 Å². The van der Waals surface area contributed by atoms with Crippen LogP contribution in [-0.2, 0) is 44.7 Å². The fourth-order valence-corrected chi connectivity index (χ4v) is 6.94. The molecule has 1 saturated heterocycles. The van der Waals surface area contributed by atoms with Crippen LogP contribution >= 0.6 is 0 Å². The van der Waals surface area contributed by atoms with Gasteiger partial charge < -0.3 is 40.2 Å². The summed E-state index contributed by atoms with van der Waals surface area (Å²) >= 11 is 0. The topological polar surface area (TPSA) is 221 Å². The summed E-state index contributed by atoms with van der Waals surface area (Å²) in [6.07, 6.45) is 8.89. The largest absolute Gasteiger partial charge is 0.508 e. The summed E-state index contributed by atoms with van der Waals surface area (Å²) in [5.74, 6) is -5.93. The molecule has 1 fully saturated rings. The number of aliphatic hydroxyl groups excluding tert-OH is 2. The molecule has 0 aliphatic carbocycles. The van der Waals surface area contributed by atoms with E-state index in [0.717, 1.165) is 0 Å². The number of amides is 3. The van der Waals surface area contributed by atoms with E-state index in [0.29, 0.717) is 30.4 Å². The number of hydrogen-bond acceptors (Lipinski definition) is 12. The maximum absolute atomic E-state index is 14.3. The van der Waals surface area contributed by atoms with Crippen molar-refractivity contribution in [1.29, 1.82) is 0 Å². The Bertz CT molecular complexity index is 1830. The zero-order valence-electron chi connectivity index (χ0n) is 37.5. The number of carbonyl (C=O) groups excluding carboxylic acids is 6. The van der Waals surface area contributed by atoms with Crippen LogP contribution in [0, 0.1) is 23.2 Å². The molecule has 2 heterocycles. The van der Waals surface area contributed by atoms with Crippen LogP contribution in [0.4, 0.5) is 0 Å². The van der Waals surface area contributed by atoms with Crippen molar-refractivity contribution in [2.75, 3.05) is 13.2 Å². The number of benzene rings is 1. The van der Waals surface area contributed by atoms with Gasteiger partial charge in [0.1, 0.15) is 35.8 Å². The molecule has 0 saturated carbocycles. The van der Waals surface area contributed by atoms with Crippen molar-refractivity contribution < 1.29 is 53.6 Å². The third-order valence-electron chi connectivity index (χ3n) is 10.9. The molecular weight excluding hydrogens is 797 g/mol. The number of hydrazine groups is 1. The quantitative estimate of drug-likeness (QED) is 0.104. The molecular formula is C47H68N4O11. The van der Waals surface area contributed by atoms with Crippen LogP contribution in [0.5, 0.6) is 5.75 Å². The van der Waals surface area contributed by atoms with Crippen LogP contribution < -0.4 is 16.1 Å². The summed E-state index contributed by atoms with van der Waals surface area (Å²) in [6, 6.07) is 2.89. The zero-order valence-corrected chi connectivity index (χ0v) is 37.5. The summed E-state index contributed by atoms with van der Waals surface area (Å²) < 4.78 is 11.3. The minimum Gasteiger partial charge on any atom is -0.508 e.